The Labute approximate surface area is 659 Å². The van der Waals surface area contributed by atoms with Crippen molar-refractivity contribution in [2.75, 3.05) is 9.80 Å². The molecule has 110 heavy (non-hydrogen) atoms. The van der Waals surface area contributed by atoms with E-state index in [1.807, 2.05) is 23.5 Å². The zero-order valence-electron chi connectivity index (χ0n) is 70.5. The van der Waals surface area contributed by atoms with E-state index in [-0.39, 0.29) is 56.8 Å². The Balaban J connectivity index is 1.01. The number of fused-ring (bicyclic) bond motifs is 13. The van der Waals surface area contributed by atoms with Crippen LogP contribution in [0.1, 0.15) is 139 Å². The Morgan fingerprint density at radius 1 is 0.318 bits per heavy atom. The summed E-state index contributed by atoms with van der Waals surface area (Å²) in [6.45, 7) is 34.1. The Kier molecular flexibility index (Phi) is 14.5. The van der Waals surface area contributed by atoms with Crippen LogP contribution in [0.5, 0.6) is 0 Å². The second-order valence-corrected chi connectivity index (χ2v) is 36.8. The molecule has 0 atom stereocenters. The van der Waals surface area contributed by atoms with Gasteiger partial charge in [0.15, 0.2) is 0 Å². The van der Waals surface area contributed by atoms with Crippen LogP contribution in [0.25, 0.3) is 125 Å². The topological polar surface area (TPSA) is 24.6 Å². The highest BCUT2D eigenvalue weighted by atomic mass is 32.1. The first-order valence-corrected chi connectivity index (χ1v) is 39.6. The molecule has 0 spiro atoms. The molecule has 3 aromatic heterocycles. The molecule has 4 nitrogen and oxygen atoms in total. The number of hydrogen-bond acceptors (Lipinski definition) is 4. The molecule has 6 heteroatoms. The van der Waals surface area contributed by atoms with Crippen LogP contribution in [-0.4, -0.2) is 11.3 Å². The fourth-order valence-electron chi connectivity index (χ4n) is 17.4. The van der Waals surface area contributed by atoms with Crippen LogP contribution in [0.4, 0.5) is 34.1 Å². The number of rotatable bonds is 8. The molecule has 17 aromatic rings. The summed E-state index contributed by atoms with van der Waals surface area (Å²) >= 11 is 1.84. The first kappa shape index (κ1) is 63.5. The first-order chi connectivity index (χ1) is 54.8. The van der Waals surface area contributed by atoms with Crippen LogP contribution in [0.15, 0.2) is 289 Å². The van der Waals surface area contributed by atoms with Gasteiger partial charge in [-0.25, -0.2) is 0 Å². The third-order valence-electron chi connectivity index (χ3n) is 23.4. The quantitative estimate of drug-likeness (QED) is 0.142. The lowest BCUT2D eigenvalue weighted by molar-refractivity contribution is 0.569. The Hall–Kier alpha value is -11.4. The second-order valence-electron chi connectivity index (χ2n) is 35.8. The van der Waals surface area contributed by atoms with Crippen molar-refractivity contribution in [3.8, 4) is 61.3 Å². The zero-order chi connectivity index (χ0) is 80.2. The minimum atomic E-state index is -0.518. The van der Waals surface area contributed by atoms with Crippen LogP contribution >= 0.6 is 11.3 Å². The third kappa shape index (κ3) is 11.3. The SMILES string of the molecule is [2H]c1c([2H])c([2H])c(-c2ccc3c(c2)B2c4ccc(-c5cc(C(C)(C)C)cc(C(C)(C)C)c5)cc4N(c4cccc5c4sc4c(-c6cccc7oc8ccccc8c67)cccc45)c4cc(-n5c6ccc(C(C)(C)C)cc6c6cc(C(C)(C)C)ccc65)cc(c42)N3c2c(-c3ccccc3)cc(C(C)(C)C)cc2-c2ccccc2)c([2H])c1[2H]. The third-order valence-corrected chi connectivity index (χ3v) is 24.7. The van der Waals surface area contributed by atoms with E-state index in [2.05, 4.69) is 361 Å². The molecule has 538 valence electrons. The molecule has 5 heterocycles. The van der Waals surface area contributed by atoms with E-state index in [9.17, 15) is 5.48 Å². The molecular weight excluding hydrogens is 1350 g/mol. The summed E-state index contributed by atoms with van der Waals surface area (Å²) in [7, 11) is 0. The maximum atomic E-state index is 9.74. The molecule has 0 saturated heterocycles. The van der Waals surface area contributed by atoms with E-state index in [0.29, 0.717) is 5.56 Å². The molecular formula is C104H92BN3OS. The second kappa shape index (κ2) is 25.1. The van der Waals surface area contributed by atoms with Crippen molar-refractivity contribution in [2.24, 2.45) is 0 Å². The summed E-state index contributed by atoms with van der Waals surface area (Å²) in [6.07, 6.45) is 0. The lowest BCUT2D eigenvalue weighted by atomic mass is 9.33. The zero-order valence-corrected chi connectivity index (χ0v) is 66.3. The van der Waals surface area contributed by atoms with Crippen LogP contribution in [0, 0.1) is 0 Å². The average molecular weight is 1450 g/mol. The van der Waals surface area contributed by atoms with Crippen LogP contribution in [0.2, 0.25) is 0 Å². The van der Waals surface area contributed by atoms with Crippen molar-refractivity contribution < 1.29 is 11.3 Å². The monoisotopic (exact) mass is 1450 g/mol. The fraction of sp³-hybridized carbons (Fsp3) is 0.192. The highest BCUT2D eigenvalue weighted by Gasteiger charge is 2.46. The smallest absolute Gasteiger partial charge is 0.252 e. The molecule has 0 fully saturated rings. The van der Waals surface area contributed by atoms with E-state index in [0.717, 1.165) is 149 Å². The van der Waals surface area contributed by atoms with Gasteiger partial charge in [0.1, 0.15) is 11.2 Å². The number of thiophene rings is 1. The van der Waals surface area contributed by atoms with Crippen molar-refractivity contribution >= 4 is 132 Å². The van der Waals surface area contributed by atoms with Crippen molar-refractivity contribution in [1.82, 2.24) is 4.57 Å². The first-order valence-electron chi connectivity index (χ1n) is 41.3. The molecule has 0 amide bonds. The molecule has 0 aliphatic carbocycles. The average Bonchev–Trinajstić information content (AvgIpc) is 1.60. The van der Waals surface area contributed by atoms with Gasteiger partial charge < -0.3 is 18.8 Å². The van der Waals surface area contributed by atoms with E-state index in [1.165, 1.54) is 43.3 Å². The maximum absolute atomic E-state index is 9.74. The van der Waals surface area contributed by atoms with Gasteiger partial charge in [-0.05, 0) is 189 Å². The number of nitrogens with zero attached hydrogens (tertiary/aromatic N) is 3. The van der Waals surface area contributed by atoms with Crippen LogP contribution in [-0.2, 0) is 27.1 Å². The van der Waals surface area contributed by atoms with Gasteiger partial charge in [0.2, 0.25) is 0 Å². The molecule has 14 aromatic carbocycles. The summed E-state index contributed by atoms with van der Waals surface area (Å²) in [5, 5.41) is 6.83. The standard InChI is InChI=1S/C104H92BN3OS/c1-100(2,3)69-46-50-86-82(57-69)83-58-70(101(4,5)6)47-51-87(83)106(86)74-61-91-96-92(62-74)108(97-80(64-32-21-17-22-33-64)59-73(104(13,14)15)60-81(97)65-34-23-18-24-35-65)88-49-45-66(63-30-19-16-20-31-63)54-85(88)105(96)84-48-44-67(68-52-71(102(7,8)9)56-72(53-68)103(10,11)12)55-90(84)107(91)89-41-28-40-78-77-39-27-38-76(98(77)110-99(78)89)75-37-29-43-94-95(75)79-36-25-26-42-93(79)109-94/h16-62H,1-15H3/i16D,19D,20D,30D,31D. The number of anilines is 6. The minimum absolute atomic E-state index is 0.147. The molecule has 0 radical (unpaired) electrons. The van der Waals surface area contributed by atoms with Gasteiger partial charge in [-0.1, -0.05) is 310 Å². The highest BCUT2D eigenvalue weighted by molar-refractivity contribution is 7.27. The fourth-order valence-corrected chi connectivity index (χ4v) is 18.7. The number of para-hydroxylation sites is 1. The van der Waals surface area contributed by atoms with Gasteiger partial charge in [0, 0.05) is 76.5 Å². The van der Waals surface area contributed by atoms with Gasteiger partial charge in [-0.15, -0.1) is 11.3 Å². The van der Waals surface area contributed by atoms with E-state index in [1.54, 1.807) is 0 Å². The number of hydrogen-bond donors (Lipinski definition) is 0. The molecule has 0 bridgehead atoms. The summed E-state index contributed by atoms with van der Waals surface area (Å²) in [5.41, 5.74) is 28.3. The summed E-state index contributed by atoms with van der Waals surface area (Å²) in [6, 6.07) is 93.4. The molecule has 2 aliphatic rings. The van der Waals surface area contributed by atoms with Gasteiger partial charge in [-0.2, -0.15) is 0 Å². The Bertz CT molecular complexity index is 6760. The normalized spacial score (nSPS) is 14.0. The predicted molar refractivity (Wildman–Crippen MR) is 476 cm³/mol. The summed E-state index contributed by atoms with van der Waals surface area (Å²) < 4.78 is 58.3. The van der Waals surface area contributed by atoms with Crippen molar-refractivity contribution in [3.63, 3.8) is 0 Å². The van der Waals surface area contributed by atoms with Crippen molar-refractivity contribution in [3.05, 3.63) is 313 Å². The molecule has 0 N–H and O–H groups in total. The number of furan rings is 1. The summed E-state index contributed by atoms with van der Waals surface area (Å²) in [5.74, 6) is 0. The van der Waals surface area contributed by atoms with Gasteiger partial charge >= 0.3 is 0 Å². The Morgan fingerprint density at radius 3 is 1.45 bits per heavy atom. The molecule has 19 rings (SSSR count). The minimum Gasteiger partial charge on any atom is -0.456 e. The van der Waals surface area contributed by atoms with Crippen molar-refractivity contribution in [2.45, 2.75) is 131 Å². The van der Waals surface area contributed by atoms with E-state index in [4.69, 9.17) is 5.79 Å². The lowest BCUT2D eigenvalue weighted by Gasteiger charge is -2.45. The number of aromatic nitrogens is 1. The number of benzene rings is 14. The van der Waals surface area contributed by atoms with Crippen molar-refractivity contribution in [1.29, 1.82) is 0 Å². The van der Waals surface area contributed by atoms with E-state index >= 15 is 0 Å². The van der Waals surface area contributed by atoms with Crippen LogP contribution < -0.4 is 26.2 Å². The molecule has 0 unspecified atom stereocenters. The predicted octanol–water partition coefficient (Wildman–Crippen LogP) is 28.0. The van der Waals surface area contributed by atoms with Crippen LogP contribution in [0.3, 0.4) is 0 Å². The lowest BCUT2D eigenvalue weighted by Crippen LogP contribution is -2.61. The molecule has 0 saturated carbocycles. The Morgan fingerprint density at radius 2 is 0.836 bits per heavy atom. The highest BCUT2D eigenvalue weighted by Crippen LogP contribution is 2.56. The molecule has 2 aliphatic heterocycles. The largest absolute Gasteiger partial charge is 0.456 e. The van der Waals surface area contributed by atoms with Gasteiger partial charge in [0.05, 0.1) is 39.6 Å². The summed E-state index contributed by atoms with van der Waals surface area (Å²) in [4.78, 5) is 5.17. The van der Waals surface area contributed by atoms with Gasteiger partial charge in [-0.3, -0.25) is 0 Å². The maximum Gasteiger partial charge on any atom is 0.252 e. The van der Waals surface area contributed by atoms with Gasteiger partial charge in [0.25, 0.3) is 6.71 Å². The van der Waals surface area contributed by atoms with E-state index < -0.39 is 12.8 Å².